The number of ether oxygens (including phenoxy) is 1. The summed E-state index contributed by atoms with van der Waals surface area (Å²) < 4.78 is 32.3. The zero-order valence-corrected chi connectivity index (χ0v) is 23.1. The number of anilines is 2. The Labute approximate surface area is 225 Å². The highest BCUT2D eigenvalue weighted by Gasteiger charge is 2.43. The van der Waals surface area contributed by atoms with Crippen molar-refractivity contribution in [2.75, 3.05) is 43.2 Å². The van der Waals surface area contributed by atoms with Crippen LogP contribution < -0.4 is 21.5 Å². The summed E-state index contributed by atoms with van der Waals surface area (Å²) in [4.78, 5) is 12.4. The van der Waals surface area contributed by atoms with Crippen molar-refractivity contribution in [3.05, 3.63) is 23.9 Å². The lowest BCUT2D eigenvalue weighted by atomic mass is 9.84. The maximum absolute atomic E-state index is 12.5. The van der Waals surface area contributed by atoms with Gasteiger partial charge in [0, 0.05) is 55.3 Å². The van der Waals surface area contributed by atoms with Crippen LogP contribution in [0.15, 0.2) is 18.2 Å². The number of rotatable bonds is 7. The normalized spacial score (nSPS) is 30.9. The maximum Gasteiger partial charge on any atom is 0.211 e. The predicted molar refractivity (Wildman–Crippen MR) is 148 cm³/mol. The summed E-state index contributed by atoms with van der Waals surface area (Å²) in [5.74, 6) is 1.59. The molecule has 3 unspecified atom stereocenters. The second-order valence-electron chi connectivity index (χ2n) is 11.4. The number of fused-ring (bicyclic) bond motifs is 3. The van der Waals surface area contributed by atoms with Crippen molar-refractivity contribution < 1.29 is 13.2 Å². The van der Waals surface area contributed by atoms with Crippen LogP contribution in [0.1, 0.15) is 51.1 Å². The topological polar surface area (TPSA) is 124 Å². The van der Waals surface area contributed by atoms with Crippen molar-refractivity contribution in [1.82, 2.24) is 30.0 Å². The summed E-state index contributed by atoms with van der Waals surface area (Å²) in [7, 11) is -3.21. The van der Waals surface area contributed by atoms with Gasteiger partial charge in [-0.05, 0) is 51.2 Å². The van der Waals surface area contributed by atoms with Gasteiger partial charge in [-0.25, -0.2) is 18.8 Å². The summed E-state index contributed by atoms with van der Waals surface area (Å²) in [6.07, 6.45) is 6.88. The monoisotopic (exact) mass is 544 g/mol. The van der Waals surface area contributed by atoms with E-state index >= 15 is 0 Å². The van der Waals surface area contributed by atoms with E-state index in [1.807, 2.05) is 6.07 Å². The molecule has 0 spiro atoms. The Hall–Kier alpha value is -2.09. The second kappa shape index (κ2) is 10.8. The average molecular weight is 545 g/mol. The van der Waals surface area contributed by atoms with Gasteiger partial charge < -0.3 is 15.4 Å². The SMILES string of the molecule is CC1CC(Nc2cc3nc(CN4CCOCC4)ccc3c(NC3C[C@H]4CCC[C@@H](C3)N4S(C)(=O)=O)n2)NN1. The van der Waals surface area contributed by atoms with Gasteiger partial charge in [0.2, 0.25) is 10.0 Å². The summed E-state index contributed by atoms with van der Waals surface area (Å²) in [5, 5.41) is 8.24. The molecule has 6 heterocycles. The first-order chi connectivity index (χ1) is 18.3. The lowest BCUT2D eigenvalue weighted by Crippen LogP contribution is -2.56. The van der Waals surface area contributed by atoms with Crippen LogP contribution in [0.4, 0.5) is 11.6 Å². The smallest absolute Gasteiger partial charge is 0.211 e. The highest BCUT2D eigenvalue weighted by atomic mass is 32.2. The molecule has 6 rings (SSSR count). The van der Waals surface area contributed by atoms with Crippen molar-refractivity contribution in [2.24, 2.45) is 0 Å². The van der Waals surface area contributed by atoms with E-state index in [0.717, 1.165) is 99.6 Å². The number of nitrogens with one attached hydrogen (secondary N) is 4. The molecule has 4 aliphatic heterocycles. The fourth-order valence-electron chi connectivity index (χ4n) is 6.61. The maximum atomic E-state index is 12.5. The van der Waals surface area contributed by atoms with Crippen molar-refractivity contribution in [1.29, 1.82) is 0 Å². The number of piperidine rings is 2. The standard InChI is InChI=1S/C26H40N8O3S/c1-17-12-25(32-31-17)29-24-15-23-22(7-6-18(27-23)16-33-8-10-37-11-9-33)26(30-24)28-19-13-20-4-3-5-21(14-19)34(20)38(2,35)36/h6-7,15,17,19-21,25,31-32H,3-5,8-14,16H2,1-2H3,(H2,28,29,30)/t17?,19?,20-,21+,25?. The summed E-state index contributed by atoms with van der Waals surface area (Å²) in [6, 6.07) is 6.91. The van der Waals surface area contributed by atoms with Crippen LogP contribution >= 0.6 is 0 Å². The molecule has 0 radical (unpaired) electrons. The number of pyridine rings is 2. The van der Waals surface area contributed by atoms with Gasteiger partial charge >= 0.3 is 0 Å². The van der Waals surface area contributed by atoms with Crippen molar-refractivity contribution in [3.8, 4) is 0 Å². The largest absolute Gasteiger partial charge is 0.379 e. The molecule has 38 heavy (non-hydrogen) atoms. The fourth-order valence-corrected chi connectivity index (χ4v) is 8.08. The number of sulfonamides is 1. The molecule has 208 valence electrons. The van der Waals surface area contributed by atoms with Gasteiger partial charge in [-0.3, -0.25) is 15.3 Å². The summed E-state index contributed by atoms with van der Waals surface area (Å²) >= 11 is 0. The third-order valence-electron chi connectivity index (χ3n) is 8.28. The van der Waals surface area contributed by atoms with E-state index in [1.165, 1.54) is 6.26 Å². The first-order valence-electron chi connectivity index (χ1n) is 14.0. The minimum atomic E-state index is -3.21. The molecule has 0 amide bonds. The second-order valence-corrected chi connectivity index (χ2v) is 13.3. The minimum Gasteiger partial charge on any atom is -0.379 e. The van der Waals surface area contributed by atoms with E-state index in [4.69, 9.17) is 14.7 Å². The van der Waals surface area contributed by atoms with Gasteiger partial charge in [0.25, 0.3) is 0 Å². The molecule has 4 saturated heterocycles. The summed E-state index contributed by atoms with van der Waals surface area (Å²) in [6.45, 7) is 6.31. The molecule has 0 aliphatic carbocycles. The first-order valence-corrected chi connectivity index (χ1v) is 15.8. The minimum absolute atomic E-state index is 0.0519. The van der Waals surface area contributed by atoms with Crippen LogP contribution in [0.5, 0.6) is 0 Å². The Bertz CT molecular complexity index is 1240. The van der Waals surface area contributed by atoms with Crippen molar-refractivity contribution in [2.45, 2.75) is 82.3 Å². The summed E-state index contributed by atoms with van der Waals surface area (Å²) in [5.41, 5.74) is 8.49. The molecule has 5 atom stereocenters. The van der Waals surface area contributed by atoms with E-state index < -0.39 is 10.0 Å². The van der Waals surface area contributed by atoms with Gasteiger partial charge in [-0.15, -0.1) is 0 Å². The van der Waals surface area contributed by atoms with Gasteiger partial charge in [-0.1, -0.05) is 6.42 Å². The number of hydrogen-bond acceptors (Lipinski definition) is 10. The Morgan fingerprint density at radius 2 is 1.82 bits per heavy atom. The first kappa shape index (κ1) is 26.1. The average Bonchev–Trinajstić information content (AvgIpc) is 3.27. The van der Waals surface area contributed by atoms with Gasteiger partial charge in [0.05, 0.1) is 36.8 Å². The van der Waals surface area contributed by atoms with E-state index in [1.54, 1.807) is 4.31 Å². The Kier molecular flexibility index (Phi) is 7.45. The fraction of sp³-hybridized carbons (Fsp3) is 0.692. The molecule has 2 aromatic rings. The zero-order valence-electron chi connectivity index (χ0n) is 22.3. The number of hydrazine groups is 1. The van der Waals surface area contributed by atoms with Gasteiger partial charge in [0.1, 0.15) is 11.6 Å². The van der Waals surface area contributed by atoms with E-state index in [-0.39, 0.29) is 24.3 Å². The quantitative estimate of drug-likeness (QED) is 0.411. The molecule has 2 bridgehead atoms. The number of nitrogens with zero attached hydrogens (tertiary/aromatic N) is 4. The number of morpholine rings is 1. The molecular formula is C26H40N8O3S. The highest BCUT2D eigenvalue weighted by Crippen LogP contribution is 2.37. The van der Waals surface area contributed by atoms with Crippen molar-refractivity contribution >= 4 is 32.6 Å². The van der Waals surface area contributed by atoms with E-state index in [2.05, 4.69) is 45.4 Å². The van der Waals surface area contributed by atoms with Crippen LogP contribution in [-0.4, -0.2) is 90.5 Å². The van der Waals surface area contributed by atoms with Gasteiger partial charge in [0.15, 0.2) is 0 Å². The molecule has 11 nitrogen and oxygen atoms in total. The van der Waals surface area contributed by atoms with Crippen LogP contribution in [0, 0.1) is 0 Å². The molecular weight excluding hydrogens is 504 g/mol. The molecule has 12 heteroatoms. The van der Waals surface area contributed by atoms with Crippen LogP contribution in [0.2, 0.25) is 0 Å². The van der Waals surface area contributed by atoms with Crippen molar-refractivity contribution in [3.63, 3.8) is 0 Å². The molecule has 4 N–H and O–H groups in total. The number of aromatic nitrogens is 2. The van der Waals surface area contributed by atoms with Crippen LogP contribution in [0.25, 0.3) is 10.9 Å². The molecule has 4 fully saturated rings. The Balaban J connectivity index is 1.27. The highest BCUT2D eigenvalue weighted by molar-refractivity contribution is 7.88. The van der Waals surface area contributed by atoms with Gasteiger partial charge in [-0.2, -0.15) is 4.31 Å². The Morgan fingerprint density at radius 1 is 1.05 bits per heavy atom. The molecule has 4 aliphatic rings. The van der Waals surface area contributed by atoms with E-state index in [9.17, 15) is 8.42 Å². The lowest BCUT2D eigenvalue weighted by Gasteiger charge is -2.47. The predicted octanol–water partition coefficient (Wildman–Crippen LogP) is 1.84. The molecule has 0 aromatic carbocycles. The zero-order chi connectivity index (χ0) is 26.3. The third kappa shape index (κ3) is 5.75. The van der Waals surface area contributed by atoms with E-state index in [0.29, 0.717) is 6.04 Å². The third-order valence-corrected chi connectivity index (χ3v) is 9.64. The Morgan fingerprint density at radius 3 is 2.50 bits per heavy atom. The number of hydrogen-bond donors (Lipinski definition) is 4. The van der Waals surface area contributed by atoms with Crippen LogP contribution in [-0.2, 0) is 21.3 Å². The molecule has 0 saturated carbocycles. The molecule has 2 aromatic heterocycles. The lowest BCUT2D eigenvalue weighted by molar-refractivity contribution is 0.0337. The van der Waals surface area contributed by atoms with Crippen LogP contribution in [0.3, 0.4) is 0 Å².